The molecule has 2 unspecified atom stereocenters. The first kappa shape index (κ1) is 20.7. The van der Waals surface area contributed by atoms with Crippen LogP contribution in [0, 0.1) is 29.6 Å². The Balaban J connectivity index is 1.79. The van der Waals surface area contributed by atoms with E-state index in [-0.39, 0.29) is 35.1 Å². The van der Waals surface area contributed by atoms with E-state index in [4.69, 9.17) is 31.6 Å². The standard InChI is InChI=1S/C19H14ClF3N4O2/c1-11-16(5-2-12(6-24)17(11)20)27-9-15(29-18(27)19(21,22)23)10-28-14-4-3-13(7-25)26-8-14/h2-5,8,15,18H,9-10H2,1H3. The highest BCUT2D eigenvalue weighted by Gasteiger charge is 2.51. The molecule has 0 radical (unpaired) electrons. The molecule has 1 aliphatic rings. The van der Waals surface area contributed by atoms with Gasteiger partial charge in [0.25, 0.3) is 0 Å². The van der Waals surface area contributed by atoms with Crippen molar-refractivity contribution < 1.29 is 22.6 Å². The first-order valence-corrected chi connectivity index (χ1v) is 8.79. The molecule has 0 N–H and O–H groups in total. The van der Waals surface area contributed by atoms with E-state index in [2.05, 4.69) is 4.98 Å². The van der Waals surface area contributed by atoms with Crippen LogP contribution in [0.2, 0.25) is 5.02 Å². The molecule has 2 heterocycles. The maximum absolute atomic E-state index is 13.6. The molecule has 1 saturated heterocycles. The third kappa shape index (κ3) is 4.37. The molecule has 150 valence electrons. The number of ether oxygens (including phenoxy) is 2. The molecule has 0 spiro atoms. The van der Waals surface area contributed by atoms with E-state index >= 15 is 0 Å². The molecule has 1 aliphatic heterocycles. The van der Waals surface area contributed by atoms with Gasteiger partial charge in [0.15, 0.2) is 0 Å². The van der Waals surface area contributed by atoms with Crippen molar-refractivity contribution in [3.05, 3.63) is 52.3 Å². The summed E-state index contributed by atoms with van der Waals surface area (Å²) in [7, 11) is 0. The highest BCUT2D eigenvalue weighted by Crippen LogP contribution is 2.38. The van der Waals surface area contributed by atoms with Crippen LogP contribution in [-0.4, -0.2) is 36.6 Å². The lowest BCUT2D eigenvalue weighted by molar-refractivity contribution is -0.215. The van der Waals surface area contributed by atoms with E-state index < -0.39 is 18.5 Å². The third-order valence-electron chi connectivity index (χ3n) is 4.36. The molecule has 0 aliphatic carbocycles. The quantitative estimate of drug-likeness (QED) is 0.741. The first-order chi connectivity index (χ1) is 13.7. The van der Waals surface area contributed by atoms with Crippen molar-refractivity contribution in [2.45, 2.75) is 25.4 Å². The summed E-state index contributed by atoms with van der Waals surface area (Å²) in [4.78, 5) is 4.90. The van der Waals surface area contributed by atoms with E-state index in [0.717, 1.165) is 4.90 Å². The van der Waals surface area contributed by atoms with Gasteiger partial charge < -0.3 is 14.4 Å². The zero-order chi connectivity index (χ0) is 21.2. The molecule has 1 aromatic heterocycles. The van der Waals surface area contributed by atoms with Gasteiger partial charge in [-0.2, -0.15) is 23.7 Å². The highest BCUT2D eigenvalue weighted by molar-refractivity contribution is 6.32. The molecule has 1 fully saturated rings. The number of rotatable bonds is 4. The topological polar surface area (TPSA) is 82.2 Å². The zero-order valence-corrected chi connectivity index (χ0v) is 15.8. The summed E-state index contributed by atoms with van der Waals surface area (Å²) in [5.41, 5.74) is 0.982. The molecule has 1 aromatic carbocycles. The van der Waals surface area contributed by atoms with Gasteiger partial charge in [0.1, 0.15) is 36.3 Å². The monoisotopic (exact) mass is 422 g/mol. The Morgan fingerprint density at radius 1 is 1.28 bits per heavy atom. The minimum Gasteiger partial charge on any atom is -0.489 e. The predicted molar refractivity (Wildman–Crippen MR) is 97.4 cm³/mol. The molecular formula is C19H14ClF3N4O2. The van der Waals surface area contributed by atoms with Crippen LogP contribution in [0.4, 0.5) is 18.9 Å². The number of anilines is 1. The summed E-state index contributed by atoms with van der Waals surface area (Å²) < 4.78 is 51.4. The van der Waals surface area contributed by atoms with Gasteiger partial charge in [-0.25, -0.2) is 4.98 Å². The lowest BCUT2D eigenvalue weighted by Gasteiger charge is -2.28. The van der Waals surface area contributed by atoms with Gasteiger partial charge in [-0.1, -0.05) is 11.6 Å². The zero-order valence-electron chi connectivity index (χ0n) is 15.1. The van der Waals surface area contributed by atoms with Crippen LogP contribution in [0.15, 0.2) is 30.5 Å². The number of hydrogen-bond acceptors (Lipinski definition) is 6. The predicted octanol–water partition coefficient (Wildman–Crippen LogP) is 3.96. The van der Waals surface area contributed by atoms with E-state index in [9.17, 15) is 13.2 Å². The fourth-order valence-corrected chi connectivity index (χ4v) is 3.18. The summed E-state index contributed by atoms with van der Waals surface area (Å²) in [6.07, 6.45) is -6.36. The number of nitriles is 2. The Kier molecular flexibility index (Phi) is 5.83. The van der Waals surface area contributed by atoms with Gasteiger partial charge in [0.05, 0.1) is 23.3 Å². The van der Waals surface area contributed by atoms with Crippen LogP contribution in [0.3, 0.4) is 0 Å². The number of hydrogen-bond donors (Lipinski definition) is 0. The molecule has 29 heavy (non-hydrogen) atoms. The number of alkyl halides is 3. The molecule has 3 rings (SSSR count). The number of nitrogens with zero attached hydrogens (tertiary/aromatic N) is 4. The van der Waals surface area contributed by atoms with Crippen molar-refractivity contribution in [1.29, 1.82) is 10.5 Å². The average Bonchev–Trinajstić information content (AvgIpc) is 3.13. The number of pyridine rings is 1. The molecule has 10 heteroatoms. The van der Waals surface area contributed by atoms with Gasteiger partial charge in [-0.15, -0.1) is 0 Å². The molecule has 0 saturated carbocycles. The lowest BCUT2D eigenvalue weighted by atomic mass is 10.1. The minimum atomic E-state index is -4.64. The van der Waals surface area contributed by atoms with Crippen LogP contribution in [0.1, 0.15) is 16.8 Å². The van der Waals surface area contributed by atoms with Gasteiger partial charge in [-0.05, 0) is 36.8 Å². The first-order valence-electron chi connectivity index (χ1n) is 8.41. The van der Waals surface area contributed by atoms with Crippen LogP contribution in [0.25, 0.3) is 0 Å². The summed E-state index contributed by atoms with van der Waals surface area (Å²) in [5, 5.41) is 17.9. The van der Waals surface area contributed by atoms with E-state index in [1.165, 1.54) is 30.5 Å². The SMILES string of the molecule is Cc1c(N2CC(COc3ccc(C#N)nc3)OC2C(F)(F)F)ccc(C#N)c1Cl. The van der Waals surface area contributed by atoms with E-state index in [0.29, 0.717) is 11.3 Å². The smallest absolute Gasteiger partial charge is 0.433 e. The van der Waals surface area contributed by atoms with Crippen molar-refractivity contribution in [3.8, 4) is 17.9 Å². The number of benzene rings is 1. The van der Waals surface area contributed by atoms with Crippen LogP contribution in [0.5, 0.6) is 5.75 Å². The minimum absolute atomic E-state index is 0.0864. The van der Waals surface area contributed by atoms with Crippen LogP contribution >= 0.6 is 11.6 Å². The third-order valence-corrected chi connectivity index (χ3v) is 4.85. The van der Waals surface area contributed by atoms with Crippen LogP contribution < -0.4 is 9.64 Å². The fourth-order valence-electron chi connectivity index (χ4n) is 2.98. The number of aromatic nitrogens is 1. The van der Waals surface area contributed by atoms with Gasteiger partial charge in [0.2, 0.25) is 6.23 Å². The Labute approximate surface area is 169 Å². The maximum Gasteiger partial charge on any atom is 0.433 e. The summed E-state index contributed by atoms with van der Waals surface area (Å²) in [5.74, 6) is 0.312. The Morgan fingerprint density at radius 2 is 2.03 bits per heavy atom. The lowest BCUT2D eigenvalue weighted by Crippen LogP contribution is -2.42. The summed E-state index contributed by atoms with van der Waals surface area (Å²) >= 11 is 6.12. The second-order valence-corrected chi connectivity index (χ2v) is 6.67. The van der Waals surface area contributed by atoms with Crippen molar-refractivity contribution >= 4 is 17.3 Å². The summed E-state index contributed by atoms with van der Waals surface area (Å²) in [6, 6.07) is 9.51. The van der Waals surface area contributed by atoms with Crippen molar-refractivity contribution in [1.82, 2.24) is 4.98 Å². The normalized spacial score (nSPS) is 18.9. The molecule has 0 bridgehead atoms. The molecule has 6 nitrogen and oxygen atoms in total. The molecule has 2 aromatic rings. The fraction of sp³-hybridized carbons (Fsp3) is 0.316. The average molecular weight is 423 g/mol. The second-order valence-electron chi connectivity index (χ2n) is 6.29. The molecule has 0 amide bonds. The van der Waals surface area contributed by atoms with E-state index in [1.54, 1.807) is 6.92 Å². The highest BCUT2D eigenvalue weighted by atomic mass is 35.5. The van der Waals surface area contributed by atoms with Crippen molar-refractivity contribution in [2.24, 2.45) is 0 Å². The molecular weight excluding hydrogens is 409 g/mol. The van der Waals surface area contributed by atoms with Gasteiger partial charge >= 0.3 is 6.18 Å². The Hall–Kier alpha value is -3.01. The largest absolute Gasteiger partial charge is 0.489 e. The van der Waals surface area contributed by atoms with Crippen molar-refractivity contribution in [3.63, 3.8) is 0 Å². The van der Waals surface area contributed by atoms with Crippen LogP contribution in [-0.2, 0) is 4.74 Å². The van der Waals surface area contributed by atoms with Gasteiger partial charge in [0, 0.05) is 5.69 Å². The van der Waals surface area contributed by atoms with Gasteiger partial charge in [-0.3, -0.25) is 0 Å². The molecule has 2 atom stereocenters. The maximum atomic E-state index is 13.6. The Morgan fingerprint density at radius 3 is 2.62 bits per heavy atom. The summed E-state index contributed by atoms with van der Waals surface area (Å²) in [6.45, 7) is 1.33. The number of halogens is 4. The van der Waals surface area contributed by atoms with E-state index in [1.807, 2.05) is 12.1 Å². The van der Waals surface area contributed by atoms with Crippen molar-refractivity contribution in [2.75, 3.05) is 18.1 Å². The Bertz CT molecular complexity index is 983. The second kappa shape index (κ2) is 8.16.